The summed E-state index contributed by atoms with van der Waals surface area (Å²) >= 11 is 0. The lowest BCUT2D eigenvalue weighted by molar-refractivity contribution is 0.162. The Morgan fingerprint density at radius 1 is 1.38 bits per heavy atom. The maximum absolute atomic E-state index is 12.7. The van der Waals surface area contributed by atoms with E-state index in [9.17, 15) is 12.8 Å². The lowest BCUT2D eigenvalue weighted by Crippen LogP contribution is -2.17. The van der Waals surface area contributed by atoms with Gasteiger partial charge in [-0.25, -0.2) is 4.39 Å². The summed E-state index contributed by atoms with van der Waals surface area (Å²) in [5.74, 6) is -0.828. The quantitative estimate of drug-likeness (QED) is 0.566. The molecule has 4 nitrogen and oxygen atoms in total. The Kier molecular flexibility index (Phi) is 4.70. The SMILES string of the molecule is CCOCCS(=O)(=O)Oc1cccc(F)c1. The molecule has 0 aliphatic carbocycles. The van der Waals surface area contributed by atoms with E-state index in [0.717, 1.165) is 6.07 Å². The van der Waals surface area contributed by atoms with Crippen LogP contribution < -0.4 is 4.18 Å². The largest absolute Gasteiger partial charge is 0.382 e. The van der Waals surface area contributed by atoms with Gasteiger partial charge < -0.3 is 8.92 Å². The molecule has 0 saturated carbocycles. The molecule has 0 radical (unpaired) electrons. The molecule has 0 aliphatic heterocycles. The van der Waals surface area contributed by atoms with Crippen molar-refractivity contribution in [2.75, 3.05) is 19.0 Å². The van der Waals surface area contributed by atoms with Crippen molar-refractivity contribution in [2.24, 2.45) is 0 Å². The summed E-state index contributed by atoms with van der Waals surface area (Å²) in [4.78, 5) is 0. The van der Waals surface area contributed by atoms with Crippen LogP contribution in [0.4, 0.5) is 4.39 Å². The second kappa shape index (κ2) is 5.81. The van der Waals surface area contributed by atoms with Gasteiger partial charge >= 0.3 is 10.1 Å². The van der Waals surface area contributed by atoms with E-state index in [1.807, 2.05) is 0 Å². The van der Waals surface area contributed by atoms with E-state index in [4.69, 9.17) is 4.74 Å². The first-order valence-corrected chi connectivity index (χ1v) is 6.36. The third kappa shape index (κ3) is 4.59. The molecule has 1 aromatic carbocycles. The summed E-state index contributed by atoms with van der Waals surface area (Å²) in [5, 5.41) is 0. The number of halogens is 1. The van der Waals surface area contributed by atoms with Gasteiger partial charge in [0.2, 0.25) is 0 Å². The Hall–Kier alpha value is -1.14. The summed E-state index contributed by atoms with van der Waals surface area (Å²) in [6, 6.07) is 4.97. The molecule has 0 bridgehead atoms. The maximum atomic E-state index is 12.7. The van der Waals surface area contributed by atoms with Gasteiger partial charge in [-0.1, -0.05) is 6.07 Å². The molecule has 0 saturated heterocycles. The number of benzene rings is 1. The Bertz CT molecular complexity index is 430. The predicted octanol–water partition coefficient (Wildman–Crippen LogP) is 1.57. The highest BCUT2D eigenvalue weighted by molar-refractivity contribution is 7.87. The van der Waals surface area contributed by atoms with Crippen molar-refractivity contribution in [2.45, 2.75) is 6.92 Å². The first-order valence-electron chi connectivity index (χ1n) is 4.79. The number of rotatable bonds is 6. The second-order valence-electron chi connectivity index (χ2n) is 3.00. The molecule has 0 unspecified atom stereocenters. The molecular formula is C10H13FO4S. The van der Waals surface area contributed by atoms with Gasteiger partial charge in [0.15, 0.2) is 0 Å². The smallest absolute Gasteiger partial charge is 0.311 e. The molecule has 0 spiro atoms. The van der Waals surface area contributed by atoms with E-state index in [1.165, 1.54) is 18.2 Å². The van der Waals surface area contributed by atoms with Crippen molar-refractivity contribution in [1.82, 2.24) is 0 Å². The van der Waals surface area contributed by atoms with Crippen LogP contribution in [0.25, 0.3) is 0 Å². The molecule has 0 aliphatic rings. The Balaban J connectivity index is 2.59. The highest BCUT2D eigenvalue weighted by Crippen LogP contribution is 2.14. The van der Waals surface area contributed by atoms with Crippen LogP contribution in [0.3, 0.4) is 0 Å². The normalized spacial score (nSPS) is 11.4. The zero-order chi connectivity index (χ0) is 12.0. The molecule has 0 atom stereocenters. The van der Waals surface area contributed by atoms with Crippen molar-refractivity contribution in [3.05, 3.63) is 30.1 Å². The van der Waals surface area contributed by atoms with Crippen molar-refractivity contribution in [3.63, 3.8) is 0 Å². The van der Waals surface area contributed by atoms with E-state index in [0.29, 0.717) is 6.61 Å². The number of ether oxygens (including phenoxy) is 1. The first-order chi connectivity index (χ1) is 7.53. The highest BCUT2D eigenvalue weighted by atomic mass is 32.2. The van der Waals surface area contributed by atoms with Gasteiger partial charge in [-0.05, 0) is 19.1 Å². The van der Waals surface area contributed by atoms with Crippen molar-refractivity contribution < 1.29 is 21.7 Å². The van der Waals surface area contributed by atoms with Crippen LogP contribution in [0.1, 0.15) is 6.92 Å². The van der Waals surface area contributed by atoms with Gasteiger partial charge in [0.25, 0.3) is 0 Å². The van der Waals surface area contributed by atoms with Crippen LogP contribution in [0.15, 0.2) is 24.3 Å². The lowest BCUT2D eigenvalue weighted by atomic mass is 10.3. The third-order valence-corrected chi connectivity index (χ3v) is 2.81. The van der Waals surface area contributed by atoms with Gasteiger partial charge in [0.1, 0.15) is 17.3 Å². The predicted molar refractivity (Wildman–Crippen MR) is 57.3 cm³/mol. The minimum atomic E-state index is -3.72. The molecule has 16 heavy (non-hydrogen) atoms. The lowest BCUT2D eigenvalue weighted by Gasteiger charge is -2.06. The topological polar surface area (TPSA) is 52.6 Å². The molecule has 0 aromatic heterocycles. The summed E-state index contributed by atoms with van der Waals surface area (Å²) < 4.78 is 45.1. The molecule has 0 fully saturated rings. The van der Waals surface area contributed by atoms with Crippen LogP contribution in [-0.2, 0) is 14.9 Å². The van der Waals surface area contributed by atoms with Crippen molar-refractivity contribution >= 4 is 10.1 Å². The van der Waals surface area contributed by atoms with Crippen LogP contribution in [0, 0.1) is 5.82 Å². The fourth-order valence-electron chi connectivity index (χ4n) is 1.01. The van der Waals surface area contributed by atoms with Crippen molar-refractivity contribution in [1.29, 1.82) is 0 Å². The van der Waals surface area contributed by atoms with Crippen LogP contribution >= 0.6 is 0 Å². The molecule has 1 rings (SSSR count). The standard InChI is InChI=1S/C10H13FO4S/c1-2-14-6-7-16(12,13)15-10-5-3-4-9(11)8-10/h3-5,8H,2,6-7H2,1H3. The number of hydrogen-bond donors (Lipinski definition) is 0. The second-order valence-corrected chi connectivity index (χ2v) is 4.69. The monoisotopic (exact) mass is 248 g/mol. The Labute approximate surface area is 94.1 Å². The van der Waals surface area contributed by atoms with Crippen LogP contribution in [-0.4, -0.2) is 27.4 Å². The average Bonchev–Trinajstić information content (AvgIpc) is 2.17. The molecule has 0 N–H and O–H groups in total. The maximum Gasteiger partial charge on any atom is 0.311 e. The molecular weight excluding hydrogens is 235 g/mol. The molecule has 0 heterocycles. The van der Waals surface area contributed by atoms with Crippen LogP contribution in [0.5, 0.6) is 5.75 Å². The van der Waals surface area contributed by atoms with E-state index in [1.54, 1.807) is 6.92 Å². The van der Waals surface area contributed by atoms with Gasteiger partial charge in [0, 0.05) is 12.7 Å². The van der Waals surface area contributed by atoms with Gasteiger partial charge in [-0.15, -0.1) is 0 Å². The van der Waals surface area contributed by atoms with Gasteiger partial charge in [-0.3, -0.25) is 0 Å². The minimum Gasteiger partial charge on any atom is -0.382 e. The Morgan fingerprint density at radius 3 is 2.75 bits per heavy atom. The van der Waals surface area contributed by atoms with Crippen molar-refractivity contribution in [3.8, 4) is 5.75 Å². The van der Waals surface area contributed by atoms with Gasteiger partial charge in [-0.2, -0.15) is 8.42 Å². The molecule has 1 aromatic rings. The zero-order valence-corrected chi connectivity index (χ0v) is 9.67. The first kappa shape index (κ1) is 12.9. The highest BCUT2D eigenvalue weighted by Gasteiger charge is 2.12. The summed E-state index contributed by atoms with van der Waals surface area (Å²) in [5.41, 5.74) is 0. The fourth-order valence-corrected chi connectivity index (χ4v) is 1.81. The third-order valence-electron chi connectivity index (χ3n) is 1.70. The fraction of sp³-hybridized carbons (Fsp3) is 0.400. The van der Waals surface area contributed by atoms with E-state index in [-0.39, 0.29) is 18.1 Å². The summed E-state index contributed by atoms with van der Waals surface area (Å²) in [6.07, 6.45) is 0. The molecule has 90 valence electrons. The summed E-state index contributed by atoms with van der Waals surface area (Å²) in [6.45, 7) is 2.27. The minimum absolute atomic E-state index is 0.0310. The Morgan fingerprint density at radius 2 is 2.12 bits per heavy atom. The van der Waals surface area contributed by atoms with E-state index >= 15 is 0 Å². The molecule has 6 heteroatoms. The van der Waals surface area contributed by atoms with E-state index in [2.05, 4.69) is 4.18 Å². The van der Waals surface area contributed by atoms with E-state index < -0.39 is 15.9 Å². The summed E-state index contributed by atoms with van der Waals surface area (Å²) in [7, 11) is -3.72. The number of hydrogen-bond acceptors (Lipinski definition) is 4. The van der Waals surface area contributed by atoms with Crippen LogP contribution in [0.2, 0.25) is 0 Å². The molecule has 0 amide bonds. The van der Waals surface area contributed by atoms with Gasteiger partial charge in [0.05, 0.1) is 6.61 Å². The zero-order valence-electron chi connectivity index (χ0n) is 8.85. The average molecular weight is 248 g/mol.